The highest BCUT2D eigenvalue weighted by Crippen LogP contribution is 2.48. The molecule has 2 aliphatic heterocycles. The first-order valence-electron chi connectivity index (χ1n) is 13.2. The number of hydrogen-bond acceptors (Lipinski definition) is 5. The molecule has 4 aromatic carbocycles. The third-order valence-electron chi connectivity index (χ3n) is 7.52. The topological polar surface area (TPSA) is 57.8 Å². The van der Waals surface area contributed by atoms with Crippen molar-refractivity contribution in [3.63, 3.8) is 0 Å². The van der Waals surface area contributed by atoms with E-state index in [-0.39, 0.29) is 6.04 Å². The minimum absolute atomic E-state index is 0.126. The van der Waals surface area contributed by atoms with Crippen LogP contribution in [-0.4, -0.2) is 21.5 Å². The van der Waals surface area contributed by atoms with E-state index in [1.54, 1.807) is 0 Å². The number of nitrogens with one attached hydrogen (secondary N) is 1. The van der Waals surface area contributed by atoms with Crippen molar-refractivity contribution in [2.45, 2.75) is 26.8 Å². The van der Waals surface area contributed by atoms with E-state index < -0.39 is 0 Å². The van der Waals surface area contributed by atoms with E-state index >= 15 is 0 Å². The number of nitrogens with zero attached hydrogens (tertiary/aromatic N) is 5. The second-order valence-electron chi connectivity index (χ2n) is 10.1. The Labute approximate surface area is 228 Å². The van der Waals surface area contributed by atoms with Crippen LogP contribution in [-0.2, 0) is 0 Å². The number of anilines is 2. The number of aromatic nitrogens is 2. The number of para-hydroxylation sites is 3. The largest absolute Gasteiger partial charge is 0.337 e. The molecule has 0 aliphatic carbocycles. The van der Waals surface area contributed by atoms with Crippen molar-refractivity contribution < 1.29 is 0 Å². The predicted octanol–water partition coefficient (Wildman–Crippen LogP) is 7.59. The molecular formula is C33H28N6. The number of rotatable bonds is 3. The number of hydrogen-bond donors (Lipinski definition) is 1. The summed E-state index contributed by atoms with van der Waals surface area (Å²) in [6, 6.07) is 35.3. The molecular weight excluding hydrogens is 480 g/mol. The fraction of sp³-hybridized carbons (Fsp3) is 0.121. The molecule has 0 saturated heterocycles. The second kappa shape index (κ2) is 9.10. The highest BCUT2D eigenvalue weighted by atomic mass is 15.4. The molecule has 0 spiro atoms. The zero-order valence-corrected chi connectivity index (χ0v) is 22.1. The van der Waals surface area contributed by atoms with Gasteiger partial charge in [0.05, 0.1) is 28.8 Å². The Hall–Kier alpha value is -4.97. The van der Waals surface area contributed by atoms with Crippen LogP contribution in [0.25, 0.3) is 5.69 Å². The number of aliphatic imine (C=N–C) groups is 2. The lowest BCUT2D eigenvalue weighted by Gasteiger charge is -2.40. The molecule has 0 bridgehead atoms. The quantitative estimate of drug-likeness (QED) is 0.273. The lowest BCUT2D eigenvalue weighted by molar-refractivity contribution is 0.815. The van der Waals surface area contributed by atoms with Crippen LogP contribution in [0.4, 0.5) is 22.9 Å². The molecule has 0 amide bonds. The zero-order chi connectivity index (χ0) is 26.5. The Morgan fingerprint density at radius 3 is 2.21 bits per heavy atom. The van der Waals surface area contributed by atoms with Gasteiger partial charge in [-0.25, -0.2) is 14.7 Å². The average molecular weight is 509 g/mol. The van der Waals surface area contributed by atoms with Gasteiger partial charge in [-0.2, -0.15) is 5.10 Å². The van der Waals surface area contributed by atoms with E-state index in [1.807, 2.05) is 28.9 Å². The van der Waals surface area contributed by atoms with Crippen molar-refractivity contribution in [2.24, 2.45) is 9.98 Å². The van der Waals surface area contributed by atoms with Gasteiger partial charge >= 0.3 is 0 Å². The van der Waals surface area contributed by atoms with E-state index in [0.29, 0.717) is 5.84 Å². The Bertz CT molecular complexity index is 1770. The highest BCUT2D eigenvalue weighted by Gasteiger charge is 2.41. The first-order valence-corrected chi connectivity index (χ1v) is 13.2. The molecule has 1 N–H and O–H groups in total. The van der Waals surface area contributed by atoms with Crippen molar-refractivity contribution >= 4 is 34.6 Å². The van der Waals surface area contributed by atoms with E-state index in [4.69, 9.17) is 15.1 Å². The van der Waals surface area contributed by atoms with Crippen LogP contribution in [0, 0.1) is 20.8 Å². The van der Waals surface area contributed by atoms with Gasteiger partial charge in [0.25, 0.3) is 0 Å². The summed E-state index contributed by atoms with van der Waals surface area (Å²) in [6.45, 7) is 6.33. The van der Waals surface area contributed by atoms with Crippen molar-refractivity contribution in [3.8, 4) is 5.69 Å². The van der Waals surface area contributed by atoms with Gasteiger partial charge in [-0.3, -0.25) is 0 Å². The standard InChI is InChI=1S/C33H28N6/c1-21-18-19-25(20-22(21)2)34-31-33-36-32-29(23(3)37-39(32)26-14-8-5-9-15-26)30(24-12-6-4-7-13-24)38(33)28-17-11-10-16-27(28)35-31/h4-20,30H,1-3H3,(H,34,35)/t30-/m0/s1. The average Bonchev–Trinajstić information content (AvgIpc) is 3.31. The van der Waals surface area contributed by atoms with Crippen molar-refractivity contribution in [1.82, 2.24) is 9.78 Å². The molecule has 1 aromatic heterocycles. The van der Waals surface area contributed by atoms with Gasteiger partial charge in [0.1, 0.15) is 0 Å². The van der Waals surface area contributed by atoms with Gasteiger partial charge in [0.2, 0.25) is 0 Å². The van der Waals surface area contributed by atoms with E-state index in [0.717, 1.165) is 45.7 Å². The van der Waals surface area contributed by atoms with Crippen LogP contribution in [0.1, 0.15) is 34.0 Å². The fourth-order valence-corrected chi connectivity index (χ4v) is 5.45. The van der Waals surface area contributed by atoms with Gasteiger partial charge < -0.3 is 10.2 Å². The Kier molecular flexibility index (Phi) is 5.40. The van der Waals surface area contributed by atoms with E-state index in [1.165, 1.54) is 16.7 Å². The van der Waals surface area contributed by atoms with Crippen molar-refractivity contribution in [1.29, 1.82) is 0 Å². The predicted molar refractivity (Wildman–Crippen MR) is 159 cm³/mol. The summed E-state index contributed by atoms with van der Waals surface area (Å²) in [5, 5.41) is 8.61. The van der Waals surface area contributed by atoms with E-state index in [2.05, 4.69) is 110 Å². The third-order valence-corrected chi connectivity index (χ3v) is 7.52. The molecule has 190 valence electrons. The highest BCUT2D eigenvalue weighted by molar-refractivity contribution is 6.51. The molecule has 1 atom stereocenters. The molecule has 39 heavy (non-hydrogen) atoms. The van der Waals surface area contributed by atoms with E-state index in [9.17, 15) is 0 Å². The number of amidine groups is 2. The molecule has 5 aromatic rings. The SMILES string of the molecule is Cc1ccc(NC2=Nc3ccccc3N3C2=Nc2c(c(C)nn2-c2ccccc2)[C@@H]3c2ccccc2)cc1C. The first-order chi connectivity index (χ1) is 19.1. The van der Waals surface area contributed by atoms with Gasteiger partial charge in [-0.1, -0.05) is 66.7 Å². The molecule has 0 saturated carbocycles. The Balaban J connectivity index is 1.49. The summed E-state index contributed by atoms with van der Waals surface area (Å²) >= 11 is 0. The molecule has 6 nitrogen and oxygen atoms in total. The van der Waals surface area contributed by atoms with Gasteiger partial charge in [-0.05, 0) is 73.9 Å². The Morgan fingerprint density at radius 2 is 1.44 bits per heavy atom. The summed E-state index contributed by atoms with van der Waals surface area (Å²) in [4.78, 5) is 12.7. The first kappa shape index (κ1) is 23.2. The van der Waals surface area contributed by atoms with Gasteiger partial charge in [-0.15, -0.1) is 0 Å². The molecule has 6 heteroatoms. The third kappa shape index (κ3) is 3.84. The summed E-state index contributed by atoms with van der Waals surface area (Å²) in [6.07, 6.45) is 0. The summed E-state index contributed by atoms with van der Waals surface area (Å²) in [5.74, 6) is 2.31. The maximum atomic E-state index is 5.31. The number of fused-ring (bicyclic) bond motifs is 4. The smallest absolute Gasteiger partial charge is 0.179 e. The van der Waals surface area contributed by atoms with Crippen molar-refractivity contribution in [2.75, 3.05) is 10.2 Å². The van der Waals surface area contributed by atoms with Crippen molar-refractivity contribution in [3.05, 3.63) is 131 Å². The molecule has 0 unspecified atom stereocenters. The minimum Gasteiger partial charge on any atom is -0.337 e. The van der Waals surface area contributed by atoms with Crippen LogP contribution < -0.4 is 10.2 Å². The zero-order valence-electron chi connectivity index (χ0n) is 22.1. The van der Waals surface area contributed by atoms with Gasteiger partial charge in [0, 0.05) is 11.3 Å². The maximum Gasteiger partial charge on any atom is 0.179 e. The molecule has 0 fully saturated rings. The molecule has 0 radical (unpaired) electrons. The summed E-state index contributed by atoms with van der Waals surface area (Å²) < 4.78 is 1.96. The van der Waals surface area contributed by atoms with Crippen LogP contribution in [0.2, 0.25) is 0 Å². The fourth-order valence-electron chi connectivity index (χ4n) is 5.45. The lowest BCUT2D eigenvalue weighted by Crippen LogP contribution is -2.46. The van der Waals surface area contributed by atoms with Crippen LogP contribution in [0.15, 0.2) is 113 Å². The summed E-state index contributed by atoms with van der Waals surface area (Å²) in [5.41, 5.74) is 9.57. The Morgan fingerprint density at radius 1 is 0.718 bits per heavy atom. The maximum absolute atomic E-state index is 5.31. The van der Waals surface area contributed by atoms with Gasteiger partial charge in [0.15, 0.2) is 17.5 Å². The molecule has 3 heterocycles. The normalized spacial score (nSPS) is 15.6. The lowest BCUT2D eigenvalue weighted by atomic mass is 9.93. The monoisotopic (exact) mass is 508 g/mol. The number of benzene rings is 4. The number of aryl methyl sites for hydroxylation is 3. The second-order valence-corrected chi connectivity index (χ2v) is 10.1. The van der Waals surface area contributed by atoms with Crippen LogP contribution in [0.5, 0.6) is 0 Å². The molecule has 2 aliphatic rings. The molecule has 7 rings (SSSR count). The minimum atomic E-state index is -0.126. The summed E-state index contributed by atoms with van der Waals surface area (Å²) in [7, 11) is 0. The van der Waals surface area contributed by atoms with Crippen LogP contribution >= 0.6 is 0 Å². The van der Waals surface area contributed by atoms with Crippen LogP contribution in [0.3, 0.4) is 0 Å².